The predicted molar refractivity (Wildman–Crippen MR) is 91.9 cm³/mol. The lowest BCUT2D eigenvalue weighted by molar-refractivity contribution is 0.535. The Hall–Kier alpha value is -1.80. The zero-order chi connectivity index (χ0) is 15.2. The highest BCUT2D eigenvalue weighted by Crippen LogP contribution is 2.25. The highest BCUT2D eigenvalue weighted by atomic mass is 15.1. The highest BCUT2D eigenvalue weighted by Gasteiger charge is 2.18. The molecule has 0 aliphatic carbocycles. The summed E-state index contributed by atoms with van der Waals surface area (Å²) >= 11 is 0. The Bertz CT molecular complexity index is 551. The minimum absolute atomic E-state index is 0.349. The molecule has 2 rings (SSSR count). The number of hydrogen-bond donors (Lipinski definition) is 1. The van der Waals surface area contributed by atoms with Crippen LogP contribution < -0.4 is 10.6 Å². The van der Waals surface area contributed by atoms with Crippen LogP contribution in [-0.4, -0.2) is 19.6 Å². The first kappa shape index (κ1) is 15.6. The van der Waals surface area contributed by atoms with Crippen LogP contribution in [0.4, 0.5) is 5.69 Å². The van der Waals surface area contributed by atoms with Crippen LogP contribution in [-0.2, 0) is 0 Å². The largest absolute Gasteiger partial charge is 0.370 e. The first-order valence-electron chi connectivity index (χ1n) is 7.66. The van der Waals surface area contributed by atoms with E-state index in [0.29, 0.717) is 18.5 Å². The molecular formula is C19H26N2. The Morgan fingerprint density at radius 3 is 2.38 bits per heavy atom. The minimum Gasteiger partial charge on any atom is -0.370 e. The van der Waals surface area contributed by atoms with E-state index in [2.05, 4.69) is 80.4 Å². The van der Waals surface area contributed by atoms with Crippen molar-refractivity contribution >= 4 is 5.69 Å². The number of benzene rings is 2. The summed E-state index contributed by atoms with van der Waals surface area (Å²) in [6.45, 7) is 5.07. The second kappa shape index (κ2) is 7.28. The fourth-order valence-corrected chi connectivity index (χ4v) is 2.80. The van der Waals surface area contributed by atoms with E-state index in [-0.39, 0.29) is 0 Å². The van der Waals surface area contributed by atoms with E-state index < -0.39 is 0 Å². The average molecular weight is 282 g/mol. The number of hydrogen-bond acceptors (Lipinski definition) is 2. The number of nitrogens with two attached hydrogens (primary N) is 1. The van der Waals surface area contributed by atoms with E-state index in [4.69, 9.17) is 5.73 Å². The van der Waals surface area contributed by atoms with Crippen LogP contribution in [0.3, 0.4) is 0 Å². The van der Waals surface area contributed by atoms with Crippen LogP contribution in [0.1, 0.15) is 30.4 Å². The molecule has 0 aliphatic heterocycles. The van der Waals surface area contributed by atoms with E-state index in [1.54, 1.807) is 0 Å². The van der Waals surface area contributed by atoms with Crippen molar-refractivity contribution < 1.29 is 0 Å². The third-order valence-electron chi connectivity index (χ3n) is 4.22. The quantitative estimate of drug-likeness (QED) is 0.869. The monoisotopic (exact) mass is 282 g/mol. The molecule has 0 spiro atoms. The number of nitrogens with zero attached hydrogens (tertiary/aromatic N) is 1. The maximum absolute atomic E-state index is 6.03. The number of aryl methyl sites for hydroxylation is 1. The Labute approximate surface area is 128 Å². The molecule has 0 aliphatic rings. The zero-order valence-electron chi connectivity index (χ0n) is 13.3. The van der Waals surface area contributed by atoms with E-state index >= 15 is 0 Å². The van der Waals surface area contributed by atoms with Crippen molar-refractivity contribution in [2.75, 3.05) is 18.5 Å². The summed E-state index contributed by atoms with van der Waals surface area (Å²) in [7, 11) is 2.14. The van der Waals surface area contributed by atoms with E-state index in [1.807, 2.05) is 0 Å². The molecule has 21 heavy (non-hydrogen) atoms. The molecule has 0 amide bonds. The molecule has 0 radical (unpaired) electrons. The summed E-state index contributed by atoms with van der Waals surface area (Å²) in [5, 5.41) is 0. The molecule has 2 aromatic carbocycles. The fraction of sp³-hybridized carbons (Fsp3) is 0.368. The van der Waals surface area contributed by atoms with Gasteiger partial charge in [-0.25, -0.2) is 0 Å². The first-order chi connectivity index (χ1) is 10.1. The van der Waals surface area contributed by atoms with Gasteiger partial charge in [-0.3, -0.25) is 0 Å². The van der Waals surface area contributed by atoms with Gasteiger partial charge in [-0.1, -0.05) is 49.4 Å². The molecule has 0 fully saturated rings. The van der Waals surface area contributed by atoms with Gasteiger partial charge in [0.05, 0.1) is 0 Å². The molecule has 2 nitrogen and oxygen atoms in total. The van der Waals surface area contributed by atoms with E-state index in [9.17, 15) is 0 Å². The van der Waals surface area contributed by atoms with Crippen molar-refractivity contribution in [2.24, 2.45) is 5.73 Å². The molecule has 2 N–H and O–H groups in total. The van der Waals surface area contributed by atoms with Crippen molar-refractivity contribution in [1.29, 1.82) is 0 Å². The smallest absolute Gasteiger partial charge is 0.0414 e. The molecule has 0 aromatic heterocycles. The molecule has 2 aromatic rings. The SMILES string of the molecule is Cc1cccc(N(C)C(CN)CC(C)c2ccccc2)c1. The minimum atomic E-state index is 0.349. The lowest BCUT2D eigenvalue weighted by Gasteiger charge is -2.31. The Morgan fingerprint density at radius 1 is 1.05 bits per heavy atom. The molecule has 2 heteroatoms. The van der Waals surface area contributed by atoms with Crippen molar-refractivity contribution in [3.05, 3.63) is 65.7 Å². The molecule has 0 saturated heterocycles. The van der Waals surface area contributed by atoms with Crippen molar-refractivity contribution in [1.82, 2.24) is 0 Å². The lowest BCUT2D eigenvalue weighted by atomic mass is 9.93. The van der Waals surface area contributed by atoms with Gasteiger partial charge in [0, 0.05) is 25.3 Å². The number of likely N-dealkylation sites (N-methyl/N-ethyl adjacent to an activating group) is 1. The molecule has 112 valence electrons. The van der Waals surface area contributed by atoms with Crippen molar-refractivity contribution in [3.63, 3.8) is 0 Å². The Morgan fingerprint density at radius 2 is 1.76 bits per heavy atom. The summed E-state index contributed by atoms with van der Waals surface area (Å²) in [5.41, 5.74) is 9.94. The third-order valence-corrected chi connectivity index (χ3v) is 4.22. The maximum atomic E-state index is 6.03. The molecule has 2 atom stereocenters. The summed E-state index contributed by atoms with van der Waals surface area (Å²) in [4.78, 5) is 2.31. The second-order valence-corrected chi connectivity index (χ2v) is 5.89. The van der Waals surface area contributed by atoms with Gasteiger partial charge in [0.2, 0.25) is 0 Å². The molecule has 0 saturated carbocycles. The van der Waals surface area contributed by atoms with Gasteiger partial charge in [0.15, 0.2) is 0 Å². The van der Waals surface area contributed by atoms with Crippen LogP contribution >= 0.6 is 0 Å². The van der Waals surface area contributed by atoms with Gasteiger partial charge in [-0.2, -0.15) is 0 Å². The Kier molecular flexibility index (Phi) is 5.40. The third kappa shape index (κ3) is 4.08. The van der Waals surface area contributed by atoms with Crippen molar-refractivity contribution in [3.8, 4) is 0 Å². The summed E-state index contributed by atoms with van der Waals surface area (Å²) in [6.07, 6.45) is 1.06. The summed E-state index contributed by atoms with van der Waals surface area (Å²) in [5.74, 6) is 0.506. The standard InChI is InChI=1S/C19H26N2/c1-15-8-7-11-18(12-15)21(3)19(14-20)13-16(2)17-9-5-4-6-10-17/h4-12,16,19H,13-14,20H2,1-3H3. The van der Waals surface area contributed by atoms with Crippen LogP contribution in [0.15, 0.2) is 54.6 Å². The topological polar surface area (TPSA) is 29.3 Å². The summed E-state index contributed by atoms with van der Waals surface area (Å²) in [6, 6.07) is 19.6. The lowest BCUT2D eigenvalue weighted by Crippen LogP contribution is -2.39. The fourth-order valence-electron chi connectivity index (χ4n) is 2.80. The zero-order valence-corrected chi connectivity index (χ0v) is 13.3. The number of anilines is 1. The molecule has 0 bridgehead atoms. The normalized spacial score (nSPS) is 13.7. The van der Waals surface area contributed by atoms with Crippen LogP contribution in [0.2, 0.25) is 0 Å². The second-order valence-electron chi connectivity index (χ2n) is 5.89. The first-order valence-corrected chi connectivity index (χ1v) is 7.66. The van der Waals surface area contributed by atoms with Gasteiger partial charge >= 0.3 is 0 Å². The van der Waals surface area contributed by atoms with Crippen LogP contribution in [0.25, 0.3) is 0 Å². The van der Waals surface area contributed by atoms with Gasteiger partial charge in [-0.05, 0) is 42.5 Å². The summed E-state index contributed by atoms with van der Waals surface area (Å²) < 4.78 is 0. The molecular weight excluding hydrogens is 256 g/mol. The number of rotatable bonds is 6. The van der Waals surface area contributed by atoms with Gasteiger partial charge < -0.3 is 10.6 Å². The van der Waals surface area contributed by atoms with Crippen molar-refractivity contribution in [2.45, 2.75) is 32.2 Å². The van der Waals surface area contributed by atoms with Gasteiger partial charge in [-0.15, -0.1) is 0 Å². The molecule has 0 heterocycles. The van der Waals surface area contributed by atoms with E-state index in [0.717, 1.165) is 6.42 Å². The van der Waals surface area contributed by atoms with Crippen LogP contribution in [0.5, 0.6) is 0 Å². The maximum Gasteiger partial charge on any atom is 0.0414 e. The highest BCUT2D eigenvalue weighted by molar-refractivity contribution is 5.48. The van der Waals surface area contributed by atoms with Gasteiger partial charge in [0.1, 0.15) is 0 Å². The average Bonchev–Trinajstić information content (AvgIpc) is 2.52. The van der Waals surface area contributed by atoms with Crippen LogP contribution in [0, 0.1) is 6.92 Å². The van der Waals surface area contributed by atoms with E-state index in [1.165, 1.54) is 16.8 Å². The predicted octanol–water partition coefficient (Wildman–Crippen LogP) is 3.95. The molecule has 2 unspecified atom stereocenters. The Balaban J connectivity index is 2.09. The van der Waals surface area contributed by atoms with Gasteiger partial charge in [0.25, 0.3) is 0 Å².